The van der Waals surface area contributed by atoms with Crippen molar-refractivity contribution >= 4 is 49.5 Å². The molecule has 2 aromatic heterocycles. The predicted molar refractivity (Wildman–Crippen MR) is 87.7 cm³/mol. The maximum absolute atomic E-state index is 11.0. The first kappa shape index (κ1) is 13.7. The first-order chi connectivity index (χ1) is 9.69. The minimum atomic E-state index is 0.596. The fourth-order valence-corrected chi connectivity index (χ4v) is 3.50. The van der Waals surface area contributed by atoms with Gasteiger partial charge in [-0.05, 0) is 30.3 Å². The molecular formula is C14H8Br2N2OS. The molecule has 0 atom stereocenters. The number of rotatable bonds is 3. The van der Waals surface area contributed by atoms with Crippen LogP contribution in [0.1, 0.15) is 10.5 Å². The minimum Gasteiger partial charge on any atom is -0.296 e. The van der Waals surface area contributed by atoms with E-state index >= 15 is 0 Å². The van der Waals surface area contributed by atoms with Crippen LogP contribution in [0.2, 0.25) is 0 Å². The second-order valence-corrected chi connectivity index (χ2v) is 6.67. The molecule has 0 aliphatic rings. The number of benzene rings is 1. The van der Waals surface area contributed by atoms with Crippen LogP contribution < -0.4 is 0 Å². The summed E-state index contributed by atoms with van der Waals surface area (Å²) in [7, 11) is 0. The normalized spacial score (nSPS) is 10.7. The van der Waals surface area contributed by atoms with Crippen molar-refractivity contribution in [2.45, 2.75) is 0 Å². The Labute approximate surface area is 136 Å². The number of carbonyl (C=O) groups excluding carboxylic acids is 1. The van der Waals surface area contributed by atoms with Crippen LogP contribution in [0.4, 0.5) is 0 Å². The van der Waals surface area contributed by atoms with Crippen LogP contribution >= 0.6 is 43.2 Å². The first-order valence-corrected chi connectivity index (χ1v) is 8.19. The smallest absolute Gasteiger partial charge is 0.194 e. The topological polar surface area (TPSA) is 34.9 Å². The monoisotopic (exact) mass is 410 g/mol. The van der Waals surface area contributed by atoms with E-state index in [1.54, 1.807) is 10.6 Å². The molecule has 0 amide bonds. The highest BCUT2D eigenvalue weighted by molar-refractivity contribution is 9.11. The number of nitrogens with zero attached hydrogens (tertiary/aromatic N) is 2. The van der Waals surface area contributed by atoms with Gasteiger partial charge in [0.15, 0.2) is 11.4 Å². The van der Waals surface area contributed by atoms with E-state index in [0.29, 0.717) is 5.69 Å². The van der Waals surface area contributed by atoms with Crippen LogP contribution in [-0.2, 0) is 0 Å². The predicted octanol–water partition coefficient (Wildman–Crippen LogP) is 4.94. The number of aromatic nitrogens is 2. The van der Waals surface area contributed by atoms with Gasteiger partial charge in [0, 0.05) is 26.1 Å². The summed E-state index contributed by atoms with van der Waals surface area (Å²) in [6, 6.07) is 9.56. The molecule has 0 spiro atoms. The van der Waals surface area contributed by atoms with Crippen molar-refractivity contribution in [3.63, 3.8) is 0 Å². The van der Waals surface area contributed by atoms with Gasteiger partial charge in [0.1, 0.15) is 0 Å². The summed E-state index contributed by atoms with van der Waals surface area (Å²) in [6.45, 7) is 0. The second kappa shape index (κ2) is 5.63. The Balaban J connectivity index is 2.06. The van der Waals surface area contributed by atoms with E-state index in [1.165, 1.54) is 11.3 Å². The van der Waals surface area contributed by atoms with Crippen LogP contribution in [0.3, 0.4) is 0 Å². The summed E-state index contributed by atoms with van der Waals surface area (Å²) in [5.41, 5.74) is 2.49. The van der Waals surface area contributed by atoms with Gasteiger partial charge in [-0.25, -0.2) is 4.98 Å². The molecule has 3 rings (SSSR count). The molecule has 100 valence electrons. The van der Waals surface area contributed by atoms with Gasteiger partial charge in [-0.2, -0.15) is 0 Å². The molecule has 1 aromatic carbocycles. The summed E-state index contributed by atoms with van der Waals surface area (Å²) >= 11 is 8.50. The molecule has 20 heavy (non-hydrogen) atoms. The molecule has 6 heteroatoms. The van der Waals surface area contributed by atoms with Gasteiger partial charge in [-0.3, -0.25) is 9.36 Å². The van der Waals surface area contributed by atoms with Crippen LogP contribution in [0.25, 0.3) is 16.4 Å². The third-order valence-corrected chi connectivity index (χ3v) is 4.83. The average Bonchev–Trinajstić information content (AvgIpc) is 3.08. The third-order valence-electron chi connectivity index (χ3n) is 2.80. The molecule has 0 saturated carbocycles. The van der Waals surface area contributed by atoms with Gasteiger partial charge in [0.05, 0.1) is 11.4 Å². The lowest BCUT2D eigenvalue weighted by Gasteiger charge is -2.02. The Hall–Kier alpha value is -1.24. The lowest BCUT2D eigenvalue weighted by molar-refractivity contribution is 0.111. The maximum atomic E-state index is 11.0. The molecular weight excluding hydrogens is 404 g/mol. The SMILES string of the molecule is O=Cc1cccn1-c1nc(-c2cc(Br)ccc2Br)cs1. The lowest BCUT2D eigenvalue weighted by Crippen LogP contribution is -1.96. The molecule has 0 N–H and O–H groups in total. The van der Waals surface area contributed by atoms with Crippen molar-refractivity contribution in [3.8, 4) is 16.4 Å². The zero-order chi connectivity index (χ0) is 14.1. The maximum Gasteiger partial charge on any atom is 0.194 e. The zero-order valence-electron chi connectivity index (χ0n) is 10.1. The summed E-state index contributed by atoms with van der Waals surface area (Å²) in [5, 5.41) is 2.76. The Morgan fingerprint density at radius 1 is 1.25 bits per heavy atom. The number of aldehydes is 1. The molecule has 0 radical (unpaired) electrons. The van der Waals surface area contributed by atoms with Gasteiger partial charge < -0.3 is 0 Å². The van der Waals surface area contributed by atoms with Crippen LogP contribution in [0, 0.1) is 0 Å². The molecule has 3 aromatic rings. The zero-order valence-corrected chi connectivity index (χ0v) is 14.1. The van der Waals surface area contributed by atoms with Gasteiger partial charge >= 0.3 is 0 Å². The third kappa shape index (κ3) is 2.51. The summed E-state index contributed by atoms with van der Waals surface area (Å²) in [6.07, 6.45) is 2.67. The second-order valence-electron chi connectivity index (χ2n) is 4.06. The Bertz CT molecular complexity index is 779. The number of carbonyl (C=O) groups is 1. The quantitative estimate of drug-likeness (QED) is 0.572. The molecule has 2 heterocycles. The number of hydrogen-bond donors (Lipinski definition) is 0. The average molecular weight is 412 g/mol. The Morgan fingerprint density at radius 3 is 2.90 bits per heavy atom. The number of hydrogen-bond acceptors (Lipinski definition) is 3. The van der Waals surface area contributed by atoms with Gasteiger partial charge in [-0.1, -0.05) is 31.9 Å². The molecule has 0 saturated heterocycles. The Morgan fingerprint density at radius 2 is 2.10 bits per heavy atom. The fraction of sp³-hybridized carbons (Fsp3) is 0. The van der Waals surface area contributed by atoms with Gasteiger partial charge in [0.2, 0.25) is 0 Å². The highest BCUT2D eigenvalue weighted by Crippen LogP contribution is 2.32. The minimum absolute atomic E-state index is 0.596. The number of halogens is 2. The van der Waals surface area contributed by atoms with Crippen molar-refractivity contribution in [3.05, 3.63) is 56.5 Å². The van der Waals surface area contributed by atoms with Crippen LogP contribution in [0.5, 0.6) is 0 Å². The largest absolute Gasteiger partial charge is 0.296 e. The standard InChI is InChI=1S/C14H8Br2N2OS/c15-9-3-4-12(16)11(6-9)13-8-20-14(17-13)18-5-1-2-10(18)7-19/h1-8H. The van der Waals surface area contributed by atoms with Crippen LogP contribution in [-0.4, -0.2) is 15.8 Å². The van der Waals surface area contributed by atoms with Crippen molar-refractivity contribution in [1.29, 1.82) is 0 Å². The van der Waals surface area contributed by atoms with Crippen molar-refractivity contribution < 1.29 is 4.79 Å². The van der Waals surface area contributed by atoms with E-state index in [2.05, 4.69) is 36.8 Å². The lowest BCUT2D eigenvalue weighted by atomic mass is 10.2. The van der Waals surface area contributed by atoms with Gasteiger partial charge in [-0.15, -0.1) is 11.3 Å². The van der Waals surface area contributed by atoms with Crippen molar-refractivity contribution in [2.24, 2.45) is 0 Å². The summed E-state index contributed by atoms with van der Waals surface area (Å²) in [5.74, 6) is 0. The molecule has 0 bridgehead atoms. The van der Waals surface area contributed by atoms with E-state index in [9.17, 15) is 4.79 Å². The summed E-state index contributed by atoms with van der Waals surface area (Å²) < 4.78 is 3.77. The van der Waals surface area contributed by atoms with E-state index in [1.807, 2.05) is 35.8 Å². The molecule has 0 aliphatic carbocycles. The first-order valence-electron chi connectivity index (χ1n) is 5.73. The molecule has 0 fully saturated rings. The van der Waals surface area contributed by atoms with Crippen molar-refractivity contribution in [1.82, 2.24) is 9.55 Å². The molecule has 3 nitrogen and oxygen atoms in total. The van der Waals surface area contributed by atoms with Crippen LogP contribution in [0.15, 0.2) is 50.9 Å². The van der Waals surface area contributed by atoms with E-state index in [4.69, 9.17) is 0 Å². The summed E-state index contributed by atoms with van der Waals surface area (Å²) in [4.78, 5) is 15.6. The van der Waals surface area contributed by atoms with Crippen molar-refractivity contribution in [2.75, 3.05) is 0 Å². The van der Waals surface area contributed by atoms with E-state index < -0.39 is 0 Å². The van der Waals surface area contributed by atoms with Gasteiger partial charge in [0.25, 0.3) is 0 Å². The van der Waals surface area contributed by atoms with E-state index in [-0.39, 0.29) is 0 Å². The highest BCUT2D eigenvalue weighted by Gasteiger charge is 2.11. The number of thiazole rings is 1. The Kier molecular flexibility index (Phi) is 3.87. The fourth-order valence-electron chi connectivity index (χ4n) is 1.86. The highest BCUT2D eigenvalue weighted by atomic mass is 79.9. The van der Waals surface area contributed by atoms with E-state index in [0.717, 1.165) is 31.6 Å². The molecule has 0 aliphatic heterocycles. The molecule has 0 unspecified atom stereocenters.